The first kappa shape index (κ1) is 43.9. The second-order valence-corrected chi connectivity index (χ2v) is 13.9. The fourth-order valence-corrected chi connectivity index (χ4v) is 4.88. The molecule has 264 valence electrons. The molecule has 0 aromatic rings. The summed E-state index contributed by atoms with van der Waals surface area (Å²) >= 11 is 0. The van der Waals surface area contributed by atoms with Gasteiger partial charge in [-0.3, -0.25) is 9.36 Å². The third-order valence-corrected chi connectivity index (χ3v) is 7.92. The quantitative estimate of drug-likeness (QED) is 0.0365. The Balaban J connectivity index is 4.76. The van der Waals surface area contributed by atoms with Gasteiger partial charge in [-0.05, 0) is 44.9 Å². The highest BCUT2D eigenvalue weighted by atomic mass is 31.2. The van der Waals surface area contributed by atoms with Crippen LogP contribution in [0.3, 0.4) is 0 Å². The van der Waals surface area contributed by atoms with Crippen LogP contribution in [0.1, 0.15) is 104 Å². The molecule has 0 radical (unpaired) electrons. The Hall–Kier alpha value is -2.06. The smallest absolute Gasteiger partial charge is 0.268 e. The van der Waals surface area contributed by atoms with Crippen molar-refractivity contribution in [2.75, 3.05) is 40.9 Å². The van der Waals surface area contributed by atoms with E-state index < -0.39 is 26.6 Å². The minimum absolute atomic E-state index is 0.0216. The van der Waals surface area contributed by atoms with Crippen molar-refractivity contribution >= 4 is 13.7 Å². The molecule has 3 unspecified atom stereocenters. The van der Waals surface area contributed by atoms with Crippen molar-refractivity contribution in [2.24, 2.45) is 0 Å². The first-order valence-corrected chi connectivity index (χ1v) is 18.8. The molecule has 0 fully saturated rings. The maximum absolute atomic E-state index is 12.7. The predicted octanol–water partition coefficient (Wildman–Crippen LogP) is 7.88. The summed E-state index contributed by atoms with van der Waals surface area (Å²) in [6.07, 6.45) is 37.0. The zero-order chi connectivity index (χ0) is 34.4. The van der Waals surface area contributed by atoms with E-state index in [9.17, 15) is 19.4 Å². The van der Waals surface area contributed by atoms with Gasteiger partial charge in [-0.1, -0.05) is 125 Å². The number of aliphatic hydroxyl groups is 1. The molecule has 0 heterocycles. The Labute approximate surface area is 281 Å². The number of rotatable bonds is 29. The van der Waals surface area contributed by atoms with Crippen LogP contribution in [0.4, 0.5) is 0 Å². The van der Waals surface area contributed by atoms with Crippen molar-refractivity contribution in [3.63, 3.8) is 0 Å². The summed E-state index contributed by atoms with van der Waals surface area (Å²) in [6.45, 7) is 4.37. The largest absolute Gasteiger partial charge is 0.756 e. The number of hydrogen-bond acceptors (Lipinski definition) is 6. The maximum atomic E-state index is 12.7. The van der Waals surface area contributed by atoms with E-state index in [-0.39, 0.29) is 18.9 Å². The lowest BCUT2D eigenvalue weighted by Gasteiger charge is -2.29. The molecule has 46 heavy (non-hydrogen) atoms. The third kappa shape index (κ3) is 30.6. The van der Waals surface area contributed by atoms with Crippen LogP contribution in [-0.2, 0) is 18.4 Å². The highest BCUT2D eigenvalue weighted by Gasteiger charge is 2.22. The van der Waals surface area contributed by atoms with Gasteiger partial charge in [0.15, 0.2) is 0 Å². The van der Waals surface area contributed by atoms with Crippen LogP contribution in [0.5, 0.6) is 0 Å². The summed E-state index contributed by atoms with van der Waals surface area (Å²) in [6, 6.07) is -0.940. The number of carbonyl (C=O) groups excluding carboxylic acids is 1. The van der Waals surface area contributed by atoms with Gasteiger partial charge in [-0.15, -0.1) is 0 Å². The molecule has 0 rings (SSSR count). The van der Waals surface area contributed by atoms with Crippen LogP contribution in [0.25, 0.3) is 0 Å². The SMILES string of the molecule is CC/C=C\C/C=C\C/C=C\C/C=C\C/C=C\CC(=O)NC(COP(=O)([O-])OCC[N+](C)(C)C)C(O)/C=C/CCCCCCCCC. The summed E-state index contributed by atoms with van der Waals surface area (Å²) in [7, 11) is 1.19. The van der Waals surface area contributed by atoms with Gasteiger partial charge in [0, 0.05) is 6.42 Å². The minimum atomic E-state index is -4.60. The zero-order valence-corrected chi connectivity index (χ0v) is 30.4. The number of nitrogens with one attached hydrogen (secondary N) is 1. The predicted molar refractivity (Wildman–Crippen MR) is 191 cm³/mol. The molecule has 8 nitrogen and oxygen atoms in total. The van der Waals surface area contributed by atoms with Crippen molar-refractivity contribution < 1.29 is 32.9 Å². The molecule has 0 spiro atoms. The standard InChI is InChI=1S/C37H65N2O6P/c1-6-8-10-12-14-16-17-18-19-20-21-23-25-27-29-31-37(41)38-35(34-45-46(42,43)44-33-32-39(3,4)5)36(40)30-28-26-24-22-15-13-11-9-7-2/h8,10,14,16,18-19,21,23,27-30,35-36,40H,6-7,9,11-13,15,17,20,22,24-26,31-34H2,1-5H3,(H-,38,41,42,43)/b10-8-,16-14-,19-18-,23-21-,29-27-,30-28+. The summed E-state index contributed by atoms with van der Waals surface area (Å²) < 4.78 is 22.9. The molecule has 0 aliphatic heterocycles. The maximum Gasteiger partial charge on any atom is 0.268 e. The first-order chi connectivity index (χ1) is 22.0. The van der Waals surface area contributed by atoms with Gasteiger partial charge in [-0.25, -0.2) is 0 Å². The van der Waals surface area contributed by atoms with Crippen molar-refractivity contribution in [3.05, 3.63) is 72.9 Å². The molecule has 2 N–H and O–H groups in total. The van der Waals surface area contributed by atoms with Crippen LogP contribution in [0, 0.1) is 0 Å². The number of aliphatic hydroxyl groups excluding tert-OH is 1. The number of likely N-dealkylation sites (N-methyl/N-ethyl adjacent to an activating group) is 1. The monoisotopic (exact) mass is 664 g/mol. The number of phosphoric ester groups is 1. The van der Waals surface area contributed by atoms with Crippen molar-refractivity contribution in [3.8, 4) is 0 Å². The van der Waals surface area contributed by atoms with Crippen molar-refractivity contribution in [1.29, 1.82) is 0 Å². The number of quaternary nitrogens is 1. The van der Waals surface area contributed by atoms with Crippen LogP contribution in [0.2, 0.25) is 0 Å². The molecular formula is C37H65N2O6P. The highest BCUT2D eigenvalue weighted by molar-refractivity contribution is 7.45. The van der Waals surface area contributed by atoms with Crippen LogP contribution < -0.4 is 10.2 Å². The highest BCUT2D eigenvalue weighted by Crippen LogP contribution is 2.38. The van der Waals surface area contributed by atoms with Crippen molar-refractivity contribution in [2.45, 2.75) is 116 Å². The summed E-state index contributed by atoms with van der Waals surface area (Å²) in [5.41, 5.74) is 0. The first-order valence-electron chi connectivity index (χ1n) is 17.3. The Bertz CT molecular complexity index is 981. The number of carbonyl (C=O) groups is 1. The minimum Gasteiger partial charge on any atom is -0.756 e. The van der Waals surface area contributed by atoms with Gasteiger partial charge in [0.1, 0.15) is 13.2 Å². The lowest BCUT2D eigenvalue weighted by atomic mass is 10.1. The Kier molecular flexibility index (Phi) is 27.8. The fraction of sp³-hybridized carbons (Fsp3) is 0.649. The number of nitrogens with zero attached hydrogens (tertiary/aromatic N) is 1. The number of amides is 1. The lowest BCUT2D eigenvalue weighted by Crippen LogP contribution is -2.45. The molecule has 0 aliphatic rings. The topological polar surface area (TPSA) is 108 Å². The van der Waals surface area contributed by atoms with Crippen molar-refractivity contribution in [1.82, 2.24) is 5.32 Å². The number of allylic oxidation sites excluding steroid dienone is 10. The molecule has 0 saturated heterocycles. The summed E-state index contributed by atoms with van der Waals surface area (Å²) in [5.74, 6) is -0.332. The van der Waals surface area contributed by atoms with Gasteiger partial charge in [0.2, 0.25) is 5.91 Å². The lowest BCUT2D eigenvalue weighted by molar-refractivity contribution is -0.870. The molecule has 1 amide bonds. The van der Waals surface area contributed by atoms with E-state index in [2.05, 4.69) is 61.7 Å². The van der Waals surface area contributed by atoms with E-state index in [0.29, 0.717) is 17.4 Å². The average Bonchev–Trinajstić information content (AvgIpc) is 2.99. The summed E-state index contributed by atoms with van der Waals surface area (Å²) in [4.78, 5) is 25.0. The molecule has 0 bridgehead atoms. The van der Waals surface area contributed by atoms with Crippen LogP contribution >= 0.6 is 7.82 Å². The molecule has 3 atom stereocenters. The summed E-state index contributed by atoms with van der Waals surface area (Å²) in [5, 5.41) is 13.5. The van der Waals surface area contributed by atoms with E-state index in [1.165, 1.54) is 32.1 Å². The van der Waals surface area contributed by atoms with Crippen LogP contribution in [-0.4, -0.2) is 68.5 Å². The molecule has 9 heteroatoms. The van der Waals surface area contributed by atoms with Gasteiger partial charge >= 0.3 is 0 Å². The molecule has 0 aromatic heterocycles. The van der Waals surface area contributed by atoms with Gasteiger partial charge in [0.25, 0.3) is 7.82 Å². The van der Waals surface area contributed by atoms with E-state index >= 15 is 0 Å². The molecule has 0 saturated carbocycles. The molecule has 0 aromatic carbocycles. The molecular weight excluding hydrogens is 599 g/mol. The second kappa shape index (κ2) is 29.1. The van der Waals surface area contributed by atoms with Gasteiger partial charge in [0.05, 0.1) is 39.9 Å². The van der Waals surface area contributed by atoms with Gasteiger partial charge in [-0.2, -0.15) is 0 Å². The average molecular weight is 665 g/mol. The Morgan fingerprint density at radius 1 is 0.783 bits per heavy atom. The molecule has 0 aliphatic carbocycles. The fourth-order valence-electron chi connectivity index (χ4n) is 4.16. The zero-order valence-electron chi connectivity index (χ0n) is 29.5. The van der Waals surface area contributed by atoms with E-state index in [1.54, 1.807) is 12.2 Å². The van der Waals surface area contributed by atoms with E-state index in [0.717, 1.165) is 44.9 Å². The van der Waals surface area contributed by atoms with Crippen LogP contribution in [0.15, 0.2) is 72.9 Å². The Morgan fingerprint density at radius 3 is 1.85 bits per heavy atom. The number of unbranched alkanes of at least 4 members (excludes halogenated alkanes) is 7. The van der Waals surface area contributed by atoms with E-state index in [4.69, 9.17) is 9.05 Å². The van der Waals surface area contributed by atoms with E-state index in [1.807, 2.05) is 39.4 Å². The second-order valence-electron chi connectivity index (χ2n) is 12.5. The normalized spacial score (nSPS) is 15.7. The Morgan fingerprint density at radius 2 is 1.30 bits per heavy atom. The number of hydrogen-bond donors (Lipinski definition) is 2. The number of phosphoric acid groups is 1. The van der Waals surface area contributed by atoms with Gasteiger partial charge < -0.3 is 28.8 Å². The third-order valence-electron chi connectivity index (χ3n) is 6.95.